The average molecular weight is 496 g/mol. The van der Waals surface area contributed by atoms with Crippen molar-refractivity contribution in [3.05, 3.63) is 72.9 Å². The van der Waals surface area contributed by atoms with Gasteiger partial charge in [-0.25, -0.2) is 4.68 Å². The fourth-order valence-electron chi connectivity index (χ4n) is 2.52. The van der Waals surface area contributed by atoms with E-state index in [4.69, 9.17) is 11.6 Å². The van der Waals surface area contributed by atoms with Crippen LogP contribution >= 0.6 is 34.2 Å². The summed E-state index contributed by atoms with van der Waals surface area (Å²) in [6, 6.07) is 7.70. The molecule has 1 amide bonds. The topological polar surface area (TPSA) is 89.8 Å². The summed E-state index contributed by atoms with van der Waals surface area (Å²) in [6.45, 7) is 1.81. The highest BCUT2D eigenvalue weighted by molar-refractivity contribution is 14.1. The van der Waals surface area contributed by atoms with Gasteiger partial charge in [0.15, 0.2) is 0 Å². The molecule has 27 heavy (non-hydrogen) atoms. The molecule has 2 aromatic heterocycles. The fraction of sp³-hybridized carbons (Fsp3) is 0.167. The minimum Gasteiger partial charge on any atom is -0.344 e. The largest absolute Gasteiger partial charge is 0.344 e. The number of aromatic nitrogens is 4. The van der Waals surface area contributed by atoms with Crippen LogP contribution in [-0.2, 0) is 7.05 Å². The Labute approximate surface area is 174 Å². The van der Waals surface area contributed by atoms with Crippen LogP contribution in [0.1, 0.15) is 29.0 Å². The predicted octanol–water partition coefficient (Wildman–Crippen LogP) is 2.99. The summed E-state index contributed by atoms with van der Waals surface area (Å²) in [7, 11) is 1.56. The molecule has 2 heterocycles. The summed E-state index contributed by atoms with van der Waals surface area (Å²) in [5.41, 5.74) is 1.79. The van der Waals surface area contributed by atoms with Crippen molar-refractivity contribution < 1.29 is 4.79 Å². The van der Waals surface area contributed by atoms with Crippen LogP contribution in [0.25, 0.3) is 11.4 Å². The summed E-state index contributed by atoms with van der Waals surface area (Å²) < 4.78 is 2.10. The van der Waals surface area contributed by atoms with E-state index in [1.807, 2.05) is 6.92 Å². The van der Waals surface area contributed by atoms with Crippen LogP contribution in [0.2, 0.25) is 5.02 Å². The highest BCUT2D eigenvalue weighted by Gasteiger charge is 2.19. The number of nitrogens with zero attached hydrogens (tertiary/aromatic N) is 4. The maximum Gasteiger partial charge on any atom is 0.266 e. The molecular formula is C18H15ClIN5O2. The van der Waals surface area contributed by atoms with Gasteiger partial charge in [0.2, 0.25) is 0 Å². The summed E-state index contributed by atoms with van der Waals surface area (Å²) in [5, 5.41) is 7.62. The van der Waals surface area contributed by atoms with Crippen molar-refractivity contribution in [1.29, 1.82) is 0 Å². The molecule has 0 aliphatic heterocycles. The third-order valence-electron chi connectivity index (χ3n) is 3.81. The zero-order chi connectivity index (χ0) is 19.6. The van der Waals surface area contributed by atoms with E-state index in [0.717, 1.165) is 3.57 Å². The molecule has 0 aliphatic rings. The molecule has 0 aliphatic carbocycles. The lowest BCUT2D eigenvalue weighted by Gasteiger charge is -2.16. The summed E-state index contributed by atoms with van der Waals surface area (Å²) in [5.74, 6) is -0.270. The van der Waals surface area contributed by atoms with E-state index >= 15 is 0 Å². The number of nitrogens with one attached hydrogen (secondary N) is 1. The molecule has 7 nitrogen and oxygen atoms in total. The van der Waals surface area contributed by atoms with Crippen LogP contribution < -0.4 is 10.9 Å². The first kappa shape index (κ1) is 19.4. The summed E-state index contributed by atoms with van der Waals surface area (Å²) in [6.07, 6.45) is 3.09. The maximum absolute atomic E-state index is 12.6. The minimum absolute atomic E-state index is 0.221. The minimum atomic E-state index is -0.433. The Morgan fingerprint density at radius 3 is 2.67 bits per heavy atom. The highest BCUT2D eigenvalue weighted by atomic mass is 127. The third kappa shape index (κ3) is 4.51. The van der Waals surface area contributed by atoms with Crippen LogP contribution in [0.3, 0.4) is 0 Å². The van der Waals surface area contributed by atoms with Gasteiger partial charge in [0.05, 0.1) is 11.7 Å². The molecule has 1 N–H and O–H groups in total. The quantitative estimate of drug-likeness (QED) is 0.562. The van der Waals surface area contributed by atoms with Gasteiger partial charge < -0.3 is 5.32 Å². The van der Waals surface area contributed by atoms with Gasteiger partial charge in [0.25, 0.3) is 11.5 Å². The molecule has 0 saturated heterocycles. The molecule has 138 valence electrons. The second-order valence-corrected chi connectivity index (χ2v) is 7.51. The second-order valence-electron chi connectivity index (χ2n) is 5.82. The Morgan fingerprint density at radius 1 is 1.22 bits per heavy atom. The number of carbonyl (C=O) groups excluding carboxylic acids is 1. The van der Waals surface area contributed by atoms with Crippen molar-refractivity contribution in [2.45, 2.75) is 13.0 Å². The average Bonchev–Trinajstić information content (AvgIpc) is 2.63. The van der Waals surface area contributed by atoms with E-state index in [1.54, 1.807) is 43.7 Å². The number of aryl methyl sites for hydroxylation is 1. The number of halogens is 2. The number of benzene rings is 1. The Kier molecular flexibility index (Phi) is 5.85. The standard InChI is InChI=1S/C18H15ClIN5O2/c1-10(23-18(27)11-7-12(19)9-13(20)8-11)16-17(22-6-5-21-16)14-3-4-15(26)25(2)24-14/h3-10H,1-2H3,(H,23,27). The van der Waals surface area contributed by atoms with Crippen molar-refractivity contribution in [2.75, 3.05) is 0 Å². The molecule has 0 radical (unpaired) electrons. The molecule has 0 bridgehead atoms. The number of rotatable bonds is 4. The molecule has 3 rings (SSSR count). The highest BCUT2D eigenvalue weighted by Crippen LogP contribution is 2.23. The van der Waals surface area contributed by atoms with Crippen molar-refractivity contribution in [3.8, 4) is 11.4 Å². The number of hydrogen-bond donors (Lipinski definition) is 1. The molecule has 1 atom stereocenters. The van der Waals surface area contributed by atoms with E-state index < -0.39 is 6.04 Å². The van der Waals surface area contributed by atoms with Crippen LogP contribution in [-0.4, -0.2) is 25.7 Å². The molecule has 0 fully saturated rings. The maximum atomic E-state index is 12.6. The molecule has 0 saturated carbocycles. The third-order valence-corrected chi connectivity index (χ3v) is 4.65. The monoisotopic (exact) mass is 495 g/mol. The van der Waals surface area contributed by atoms with Crippen molar-refractivity contribution in [2.24, 2.45) is 7.05 Å². The number of hydrogen-bond acceptors (Lipinski definition) is 5. The zero-order valence-corrected chi connectivity index (χ0v) is 17.4. The van der Waals surface area contributed by atoms with Crippen molar-refractivity contribution in [1.82, 2.24) is 25.1 Å². The molecule has 0 spiro atoms. The Morgan fingerprint density at radius 2 is 1.96 bits per heavy atom. The lowest BCUT2D eigenvalue weighted by atomic mass is 10.1. The van der Waals surface area contributed by atoms with E-state index in [9.17, 15) is 9.59 Å². The lowest BCUT2D eigenvalue weighted by molar-refractivity contribution is 0.0939. The van der Waals surface area contributed by atoms with Crippen LogP contribution in [0.15, 0.2) is 47.5 Å². The van der Waals surface area contributed by atoms with Gasteiger partial charge in [-0.15, -0.1) is 0 Å². The van der Waals surface area contributed by atoms with Gasteiger partial charge in [-0.05, 0) is 53.8 Å². The van der Waals surface area contributed by atoms with Gasteiger partial charge in [-0.1, -0.05) is 11.6 Å². The summed E-state index contributed by atoms with van der Waals surface area (Å²) in [4.78, 5) is 32.9. The molecule has 1 aromatic carbocycles. The zero-order valence-electron chi connectivity index (χ0n) is 14.5. The van der Waals surface area contributed by atoms with Gasteiger partial charge in [-0.2, -0.15) is 5.10 Å². The van der Waals surface area contributed by atoms with E-state index in [2.05, 4.69) is 43.0 Å². The number of amides is 1. The van der Waals surface area contributed by atoms with E-state index in [0.29, 0.717) is 27.7 Å². The van der Waals surface area contributed by atoms with Crippen LogP contribution in [0.5, 0.6) is 0 Å². The Bertz CT molecular complexity index is 1050. The van der Waals surface area contributed by atoms with E-state index in [1.165, 1.54) is 10.7 Å². The predicted molar refractivity (Wildman–Crippen MR) is 111 cm³/mol. The molecule has 3 aromatic rings. The van der Waals surface area contributed by atoms with Crippen molar-refractivity contribution >= 4 is 40.1 Å². The van der Waals surface area contributed by atoms with Crippen molar-refractivity contribution in [3.63, 3.8) is 0 Å². The fourth-order valence-corrected chi connectivity index (χ4v) is 3.62. The Balaban J connectivity index is 1.91. The smallest absolute Gasteiger partial charge is 0.266 e. The SMILES string of the molecule is CC(NC(=O)c1cc(Cl)cc(I)c1)c1nccnc1-c1ccc(=O)n(C)n1. The first-order valence-corrected chi connectivity index (χ1v) is 9.43. The van der Waals surface area contributed by atoms with Gasteiger partial charge in [0.1, 0.15) is 11.4 Å². The molecule has 9 heteroatoms. The van der Waals surface area contributed by atoms with Gasteiger partial charge in [0, 0.05) is 39.7 Å². The van der Waals surface area contributed by atoms with Gasteiger partial charge in [-0.3, -0.25) is 19.6 Å². The Hall–Kier alpha value is -2.33. The lowest BCUT2D eigenvalue weighted by Crippen LogP contribution is -2.28. The molecule has 1 unspecified atom stereocenters. The molecular weight excluding hydrogens is 481 g/mol. The summed E-state index contributed by atoms with van der Waals surface area (Å²) >= 11 is 8.14. The normalized spacial score (nSPS) is 11.9. The number of carbonyl (C=O) groups is 1. The second kappa shape index (κ2) is 8.13. The first-order valence-electron chi connectivity index (χ1n) is 7.98. The van der Waals surface area contributed by atoms with E-state index in [-0.39, 0.29) is 11.5 Å². The van der Waals surface area contributed by atoms with Gasteiger partial charge >= 0.3 is 0 Å². The van der Waals surface area contributed by atoms with Crippen LogP contribution in [0, 0.1) is 3.57 Å². The first-order chi connectivity index (χ1) is 12.8. The van der Waals surface area contributed by atoms with Crippen LogP contribution in [0.4, 0.5) is 0 Å².